The molecule has 0 fully saturated rings. The van der Waals surface area contributed by atoms with Crippen molar-refractivity contribution in [3.63, 3.8) is 0 Å². The summed E-state index contributed by atoms with van der Waals surface area (Å²) in [5.74, 6) is 1.36. The van der Waals surface area contributed by atoms with Gasteiger partial charge in [0.1, 0.15) is 0 Å². The fraction of sp³-hybridized carbons (Fsp3) is 0.643. The van der Waals surface area contributed by atoms with Crippen molar-refractivity contribution >= 4 is 15.9 Å². The normalized spacial score (nSPS) is 12.5. The molecule has 0 aliphatic heterocycles. The number of unbranched alkanes of at least 4 members (excludes halogenated alkanes) is 1. The topological polar surface area (TPSA) is 22.1 Å². The molecule has 1 aromatic rings. The Morgan fingerprint density at radius 1 is 1.41 bits per heavy atom. The summed E-state index contributed by atoms with van der Waals surface area (Å²) in [6.45, 7) is 7.27. The summed E-state index contributed by atoms with van der Waals surface area (Å²) in [4.78, 5) is 4.26. The summed E-state index contributed by atoms with van der Waals surface area (Å²) in [6.07, 6.45) is 6.75. The van der Waals surface area contributed by atoms with Gasteiger partial charge in [0.05, 0.1) is 11.1 Å². The fourth-order valence-electron chi connectivity index (χ4n) is 1.71. The molecule has 0 N–H and O–H groups in total. The van der Waals surface area contributed by atoms with Crippen LogP contribution in [-0.2, 0) is 0 Å². The molecule has 0 aromatic carbocycles. The van der Waals surface area contributed by atoms with Crippen molar-refractivity contribution in [3.05, 3.63) is 22.3 Å². The Bertz CT molecular complexity index is 341. The molecule has 0 saturated heterocycles. The van der Waals surface area contributed by atoms with Gasteiger partial charge in [-0.15, -0.1) is 0 Å². The number of halogens is 1. The highest BCUT2D eigenvalue weighted by Crippen LogP contribution is 2.26. The quantitative estimate of drug-likeness (QED) is 0.725. The Morgan fingerprint density at radius 2 is 2.18 bits per heavy atom. The van der Waals surface area contributed by atoms with Crippen LogP contribution in [0.25, 0.3) is 0 Å². The largest absolute Gasteiger partial charge is 0.477 e. The lowest BCUT2D eigenvalue weighted by atomic mass is 10.0. The third-order valence-corrected chi connectivity index (χ3v) is 4.01. The molecule has 96 valence electrons. The van der Waals surface area contributed by atoms with E-state index in [1.165, 1.54) is 25.7 Å². The smallest absolute Gasteiger partial charge is 0.228 e. The fourth-order valence-corrected chi connectivity index (χ4v) is 2.06. The number of ether oxygens (including phenoxy) is 1. The van der Waals surface area contributed by atoms with Gasteiger partial charge in [-0.2, -0.15) is 0 Å². The van der Waals surface area contributed by atoms with Gasteiger partial charge in [-0.05, 0) is 46.8 Å². The summed E-state index contributed by atoms with van der Waals surface area (Å²) in [6, 6.07) is 1.98. The van der Waals surface area contributed by atoms with Crippen molar-refractivity contribution in [1.82, 2.24) is 4.98 Å². The van der Waals surface area contributed by atoms with Crippen LogP contribution in [0.5, 0.6) is 5.88 Å². The molecule has 1 atom stereocenters. The van der Waals surface area contributed by atoms with E-state index in [9.17, 15) is 0 Å². The number of aromatic nitrogens is 1. The van der Waals surface area contributed by atoms with Crippen molar-refractivity contribution in [2.24, 2.45) is 5.92 Å². The van der Waals surface area contributed by atoms with E-state index in [0.29, 0.717) is 5.92 Å². The van der Waals surface area contributed by atoms with Gasteiger partial charge in [-0.1, -0.05) is 33.1 Å². The second-order valence-corrected chi connectivity index (χ2v) is 5.27. The first-order valence-corrected chi connectivity index (χ1v) is 7.22. The SMILES string of the molecule is CCCCC(CC)COc1nccc(C)c1Br. The van der Waals surface area contributed by atoms with Crippen LogP contribution >= 0.6 is 15.9 Å². The van der Waals surface area contributed by atoms with Crippen LogP contribution in [0.2, 0.25) is 0 Å². The third-order valence-electron chi connectivity index (χ3n) is 3.05. The Labute approximate surface area is 113 Å². The van der Waals surface area contributed by atoms with Crippen molar-refractivity contribution in [3.8, 4) is 5.88 Å². The monoisotopic (exact) mass is 299 g/mol. The minimum Gasteiger partial charge on any atom is -0.477 e. The second-order valence-electron chi connectivity index (χ2n) is 4.47. The van der Waals surface area contributed by atoms with Gasteiger partial charge in [-0.25, -0.2) is 4.98 Å². The maximum absolute atomic E-state index is 5.81. The summed E-state index contributed by atoms with van der Waals surface area (Å²) >= 11 is 3.52. The lowest BCUT2D eigenvalue weighted by Gasteiger charge is -2.16. The maximum atomic E-state index is 5.81. The predicted molar refractivity (Wildman–Crippen MR) is 75.5 cm³/mol. The molecular formula is C14H22BrNO. The molecule has 0 saturated carbocycles. The molecule has 17 heavy (non-hydrogen) atoms. The van der Waals surface area contributed by atoms with E-state index in [0.717, 1.165) is 22.5 Å². The minimum absolute atomic E-state index is 0.643. The van der Waals surface area contributed by atoms with Gasteiger partial charge >= 0.3 is 0 Å². The molecule has 1 rings (SSSR count). The molecule has 0 spiro atoms. The number of pyridine rings is 1. The van der Waals surface area contributed by atoms with Crippen LogP contribution in [0.4, 0.5) is 0 Å². The van der Waals surface area contributed by atoms with Gasteiger partial charge in [-0.3, -0.25) is 0 Å². The van der Waals surface area contributed by atoms with Crippen LogP contribution in [0, 0.1) is 12.8 Å². The van der Waals surface area contributed by atoms with Gasteiger partial charge < -0.3 is 4.74 Å². The zero-order valence-electron chi connectivity index (χ0n) is 11.0. The number of hydrogen-bond donors (Lipinski definition) is 0. The Kier molecular flexibility index (Phi) is 6.56. The second kappa shape index (κ2) is 7.70. The first-order chi connectivity index (χ1) is 8.19. The maximum Gasteiger partial charge on any atom is 0.228 e. The van der Waals surface area contributed by atoms with Crippen molar-refractivity contribution in [2.45, 2.75) is 46.5 Å². The molecular weight excluding hydrogens is 278 g/mol. The molecule has 0 aliphatic carbocycles. The Morgan fingerprint density at radius 3 is 2.82 bits per heavy atom. The lowest BCUT2D eigenvalue weighted by molar-refractivity contribution is 0.224. The molecule has 0 bridgehead atoms. The van der Waals surface area contributed by atoms with E-state index in [2.05, 4.69) is 34.8 Å². The molecule has 3 heteroatoms. The summed E-state index contributed by atoms with van der Waals surface area (Å²) in [5.41, 5.74) is 1.16. The highest BCUT2D eigenvalue weighted by Gasteiger charge is 2.10. The lowest BCUT2D eigenvalue weighted by Crippen LogP contribution is -2.12. The first kappa shape index (κ1) is 14.5. The van der Waals surface area contributed by atoms with Crippen LogP contribution in [0.1, 0.15) is 45.1 Å². The zero-order valence-corrected chi connectivity index (χ0v) is 12.6. The van der Waals surface area contributed by atoms with E-state index >= 15 is 0 Å². The first-order valence-electron chi connectivity index (χ1n) is 6.42. The van der Waals surface area contributed by atoms with Crippen molar-refractivity contribution in [2.75, 3.05) is 6.61 Å². The number of rotatable bonds is 7. The van der Waals surface area contributed by atoms with Crippen molar-refractivity contribution in [1.29, 1.82) is 0 Å². The zero-order chi connectivity index (χ0) is 12.7. The molecule has 0 radical (unpaired) electrons. The standard InChI is InChI=1S/C14H22BrNO/c1-4-6-7-12(5-2)10-17-14-13(15)11(3)8-9-16-14/h8-9,12H,4-7,10H2,1-3H3. The van der Waals surface area contributed by atoms with Crippen molar-refractivity contribution < 1.29 is 4.74 Å². The predicted octanol–water partition coefficient (Wildman–Crippen LogP) is 4.75. The average Bonchev–Trinajstić information content (AvgIpc) is 2.34. The Hall–Kier alpha value is -0.570. The number of hydrogen-bond acceptors (Lipinski definition) is 2. The molecule has 1 aromatic heterocycles. The molecule has 1 unspecified atom stereocenters. The van der Waals surface area contributed by atoms with Crippen LogP contribution in [0.15, 0.2) is 16.7 Å². The number of nitrogens with zero attached hydrogens (tertiary/aromatic N) is 1. The summed E-state index contributed by atoms with van der Waals surface area (Å²) < 4.78 is 6.79. The summed E-state index contributed by atoms with van der Waals surface area (Å²) in [5, 5.41) is 0. The molecule has 2 nitrogen and oxygen atoms in total. The van der Waals surface area contributed by atoms with Gasteiger partial charge in [0.2, 0.25) is 5.88 Å². The van der Waals surface area contributed by atoms with Gasteiger partial charge in [0.25, 0.3) is 0 Å². The highest BCUT2D eigenvalue weighted by molar-refractivity contribution is 9.10. The Balaban J connectivity index is 2.50. The number of aryl methyl sites for hydroxylation is 1. The van der Waals surface area contributed by atoms with E-state index in [4.69, 9.17) is 4.74 Å². The van der Waals surface area contributed by atoms with Gasteiger partial charge in [0, 0.05) is 6.20 Å². The highest BCUT2D eigenvalue weighted by atomic mass is 79.9. The van der Waals surface area contributed by atoms with Crippen LogP contribution < -0.4 is 4.74 Å². The van der Waals surface area contributed by atoms with Crippen LogP contribution in [-0.4, -0.2) is 11.6 Å². The molecule has 0 amide bonds. The van der Waals surface area contributed by atoms with Gasteiger partial charge in [0.15, 0.2) is 0 Å². The van der Waals surface area contributed by atoms with E-state index < -0.39 is 0 Å². The summed E-state index contributed by atoms with van der Waals surface area (Å²) in [7, 11) is 0. The van der Waals surface area contributed by atoms with E-state index in [1.54, 1.807) is 6.20 Å². The minimum atomic E-state index is 0.643. The van der Waals surface area contributed by atoms with E-state index in [1.807, 2.05) is 13.0 Å². The molecule has 1 heterocycles. The van der Waals surface area contributed by atoms with E-state index in [-0.39, 0.29) is 0 Å². The average molecular weight is 300 g/mol. The van der Waals surface area contributed by atoms with Crippen LogP contribution in [0.3, 0.4) is 0 Å². The third kappa shape index (κ3) is 4.66. The molecule has 0 aliphatic rings.